The first-order valence-electron chi connectivity index (χ1n) is 9.93. The van der Waals surface area contributed by atoms with Crippen molar-refractivity contribution in [1.82, 2.24) is 14.7 Å². The van der Waals surface area contributed by atoms with E-state index >= 15 is 0 Å². The largest absolute Gasteiger partial charge is 0.480 e. The third-order valence-electron chi connectivity index (χ3n) is 5.08. The number of aliphatic imine (C=N–C) groups is 1. The molecule has 162 valence electrons. The van der Waals surface area contributed by atoms with Gasteiger partial charge in [0.2, 0.25) is 5.88 Å². The second-order valence-electron chi connectivity index (χ2n) is 7.10. The Hall–Kier alpha value is -3.59. The standard InChI is InChI=1S/C22H27N7O2/c1-15(28-9-11-31-12-10-28)14-26-21(24)18-6-4-5-17(13-18)16(2)22(25)29-19(23)7-8-20(27-29)30-3/h4-8,13-14,16,23-25H,1,9-12H2,2-3H3. The van der Waals surface area contributed by atoms with Gasteiger partial charge < -0.3 is 14.4 Å². The van der Waals surface area contributed by atoms with Crippen LogP contribution >= 0.6 is 0 Å². The molecule has 1 fully saturated rings. The van der Waals surface area contributed by atoms with Gasteiger partial charge in [-0.15, -0.1) is 5.10 Å². The second-order valence-corrected chi connectivity index (χ2v) is 7.10. The Morgan fingerprint density at radius 1 is 1.26 bits per heavy atom. The molecular weight excluding hydrogens is 394 g/mol. The molecule has 3 rings (SSSR count). The van der Waals surface area contributed by atoms with Crippen LogP contribution in [0.3, 0.4) is 0 Å². The number of amidine groups is 1. The van der Waals surface area contributed by atoms with Gasteiger partial charge in [0.05, 0.1) is 26.5 Å². The number of hydrogen-bond acceptors (Lipinski definition) is 7. The maximum absolute atomic E-state index is 8.53. The van der Waals surface area contributed by atoms with Crippen LogP contribution in [-0.4, -0.2) is 66.0 Å². The lowest BCUT2D eigenvalue weighted by atomic mass is 9.97. The van der Waals surface area contributed by atoms with Crippen LogP contribution < -0.4 is 10.2 Å². The van der Waals surface area contributed by atoms with E-state index in [0.717, 1.165) is 24.4 Å². The summed E-state index contributed by atoms with van der Waals surface area (Å²) in [6, 6.07) is 10.5. The molecule has 1 aromatic carbocycles. The number of rotatable bonds is 6. The summed E-state index contributed by atoms with van der Waals surface area (Å²) in [6.07, 6.45) is 1.61. The van der Waals surface area contributed by atoms with Gasteiger partial charge in [0.1, 0.15) is 11.3 Å². The van der Waals surface area contributed by atoms with Crippen LogP contribution in [0.4, 0.5) is 0 Å². The highest BCUT2D eigenvalue weighted by Gasteiger charge is 2.17. The zero-order valence-corrected chi connectivity index (χ0v) is 17.8. The number of morpholine rings is 1. The van der Waals surface area contributed by atoms with Gasteiger partial charge in [-0.3, -0.25) is 16.2 Å². The average molecular weight is 422 g/mol. The zero-order chi connectivity index (χ0) is 22.4. The molecule has 0 aliphatic carbocycles. The van der Waals surface area contributed by atoms with Crippen molar-refractivity contribution >= 4 is 17.9 Å². The van der Waals surface area contributed by atoms with Crippen LogP contribution in [0, 0.1) is 16.2 Å². The van der Waals surface area contributed by atoms with E-state index in [1.807, 2.05) is 31.2 Å². The molecule has 2 heterocycles. The summed E-state index contributed by atoms with van der Waals surface area (Å²) in [5.74, 6) is 0.229. The van der Waals surface area contributed by atoms with Crippen molar-refractivity contribution in [2.45, 2.75) is 12.8 Å². The number of aromatic nitrogens is 2. The van der Waals surface area contributed by atoms with Crippen molar-refractivity contribution in [3.8, 4) is 5.88 Å². The van der Waals surface area contributed by atoms with Crippen LogP contribution in [0.1, 0.15) is 24.0 Å². The normalized spacial score (nSPS) is 15.0. The number of nitrogens with zero attached hydrogens (tertiary/aromatic N) is 4. The van der Waals surface area contributed by atoms with Gasteiger partial charge in [-0.2, -0.15) is 4.68 Å². The predicted octanol–water partition coefficient (Wildman–Crippen LogP) is 2.24. The molecule has 2 aromatic rings. The molecule has 0 amide bonds. The Balaban J connectivity index is 1.75. The topological polar surface area (TPSA) is 123 Å². The summed E-state index contributed by atoms with van der Waals surface area (Å²) < 4.78 is 11.7. The Morgan fingerprint density at radius 2 is 2.00 bits per heavy atom. The molecule has 1 aliphatic heterocycles. The highest BCUT2D eigenvalue weighted by Crippen LogP contribution is 2.19. The molecule has 31 heavy (non-hydrogen) atoms. The van der Waals surface area contributed by atoms with E-state index in [9.17, 15) is 0 Å². The summed E-state index contributed by atoms with van der Waals surface area (Å²) in [5, 5.41) is 29.1. The van der Waals surface area contributed by atoms with Crippen molar-refractivity contribution in [2.75, 3.05) is 33.4 Å². The highest BCUT2D eigenvalue weighted by molar-refractivity contribution is 6.03. The zero-order valence-electron chi connectivity index (χ0n) is 17.8. The van der Waals surface area contributed by atoms with Gasteiger partial charge >= 0.3 is 0 Å². The van der Waals surface area contributed by atoms with Crippen molar-refractivity contribution in [1.29, 1.82) is 16.2 Å². The Kier molecular flexibility index (Phi) is 7.09. The molecule has 9 nitrogen and oxygen atoms in total. The van der Waals surface area contributed by atoms with Gasteiger partial charge in [0.15, 0.2) is 5.84 Å². The minimum atomic E-state index is -0.353. The molecule has 1 unspecified atom stereocenters. The lowest BCUT2D eigenvalue weighted by Crippen LogP contribution is -2.35. The first-order valence-corrected chi connectivity index (χ1v) is 9.93. The summed E-state index contributed by atoms with van der Waals surface area (Å²) in [7, 11) is 1.49. The number of benzene rings is 1. The molecular formula is C22H27N7O2. The highest BCUT2D eigenvalue weighted by atomic mass is 16.5. The average Bonchev–Trinajstić information content (AvgIpc) is 2.82. The van der Waals surface area contributed by atoms with E-state index in [1.54, 1.807) is 12.3 Å². The van der Waals surface area contributed by atoms with Gasteiger partial charge in [-0.05, 0) is 17.7 Å². The predicted molar refractivity (Wildman–Crippen MR) is 119 cm³/mol. The first kappa shape index (κ1) is 22.1. The molecule has 0 spiro atoms. The maximum atomic E-state index is 8.53. The van der Waals surface area contributed by atoms with Crippen LogP contribution in [0.2, 0.25) is 0 Å². The molecule has 1 atom stereocenters. The molecule has 9 heteroatoms. The third-order valence-corrected chi connectivity index (χ3v) is 5.08. The summed E-state index contributed by atoms with van der Waals surface area (Å²) >= 11 is 0. The lowest BCUT2D eigenvalue weighted by molar-refractivity contribution is 0.0569. The van der Waals surface area contributed by atoms with Gasteiger partial charge in [0.25, 0.3) is 0 Å². The number of hydrogen-bond donors (Lipinski definition) is 3. The van der Waals surface area contributed by atoms with Crippen LogP contribution in [-0.2, 0) is 4.74 Å². The molecule has 3 N–H and O–H groups in total. The number of nitrogens with one attached hydrogen (secondary N) is 3. The van der Waals surface area contributed by atoms with Crippen LogP contribution in [0.5, 0.6) is 5.88 Å². The molecule has 0 radical (unpaired) electrons. The Bertz CT molecular complexity index is 1070. The van der Waals surface area contributed by atoms with Crippen molar-refractivity contribution in [3.05, 3.63) is 65.3 Å². The Morgan fingerprint density at radius 3 is 2.71 bits per heavy atom. The smallest absolute Gasteiger partial charge is 0.231 e. The molecule has 1 aromatic heterocycles. The quantitative estimate of drug-likeness (QED) is 0.489. The Labute approximate surface area is 181 Å². The van der Waals surface area contributed by atoms with Gasteiger partial charge in [0, 0.05) is 36.3 Å². The monoisotopic (exact) mass is 421 g/mol. The number of allylic oxidation sites excluding steroid dienone is 1. The minimum absolute atomic E-state index is 0.0905. The lowest BCUT2D eigenvalue weighted by Gasteiger charge is -2.28. The molecule has 0 bridgehead atoms. The fourth-order valence-electron chi connectivity index (χ4n) is 3.14. The number of methoxy groups -OCH3 is 1. The van der Waals surface area contributed by atoms with Crippen LogP contribution in [0.15, 0.2) is 53.7 Å². The van der Waals surface area contributed by atoms with Crippen molar-refractivity contribution in [3.63, 3.8) is 0 Å². The van der Waals surface area contributed by atoms with E-state index < -0.39 is 0 Å². The fourth-order valence-corrected chi connectivity index (χ4v) is 3.14. The van der Waals surface area contributed by atoms with Crippen molar-refractivity contribution < 1.29 is 9.47 Å². The number of ether oxygens (including phenoxy) is 2. The minimum Gasteiger partial charge on any atom is -0.480 e. The summed E-state index contributed by atoms with van der Waals surface area (Å²) in [4.78, 5) is 6.35. The van der Waals surface area contributed by atoms with E-state index in [0.29, 0.717) is 24.7 Å². The fraction of sp³-hybridized carbons (Fsp3) is 0.318. The second kappa shape index (κ2) is 9.94. The first-order chi connectivity index (χ1) is 14.9. The molecule has 1 saturated heterocycles. The molecule has 0 saturated carbocycles. The summed E-state index contributed by atoms with van der Waals surface area (Å²) in [6.45, 7) is 8.75. The maximum Gasteiger partial charge on any atom is 0.231 e. The third kappa shape index (κ3) is 5.32. The SMILES string of the molecule is C=C(C=NC(=N)c1cccc(C(C)C(=N)n2nc(OC)ccc2=N)c1)N1CCOCC1. The summed E-state index contributed by atoms with van der Waals surface area (Å²) in [5.41, 5.74) is 2.31. The van der Waals surface area contributed by atoms with E-state index in [1.165, 1.54) is 17.9 Å². The van der Waals surface area contributed by atoms with E-state index in [2.05, 4.69) is 21.6 Å². The van der Waals surface area contributed by atoms with Gasteiger partial charge in [-0.25, -0.2) is 4.99 Å². The van der Waals surface area contributed by atoms with Gasteiger partial charge in [-0.1, -0.05) is 31.7 Å². The van der Waals surface area contributed by atoms with E-state index in [4.69, 9.17) is 25.7 Å². The van der Waals surface area contributed by atoms with E-state index in [-0.39, 0.29) is 23.1 Å². The van der Waals surface area contributed by atoms with Crippen molar-refractivity contribution in [2.24, 2.45) is 4.99 Å². The molecule has 1 aliphatic rings. The van der Waals surface area contributed by atoms with Crippen LogP contribution in [0.25, 0.3) is 0 Å².